The fourth-order valence-corrected chi connectivity index (χ4v) is 4.96. The van der Waals surface area contributed by atoms with Crippen molar-refractivity contribution in [1.82, 2.24) is 0 Å². The fraction of sp³-hybridized carbons (Fsp3) is 0.0800. The summed E-state index contributed by atoms with van der Waals surface area (Å²) in [5.74, 6) is -0.452. The van der Waals surface area contributed by atoms with E-state index >= 15 is 0 Å². The Balaban J connectivity index is 1.68. The number of anilines is 2. The zero-order valence-electron chi connectivity index (χ0n) is 17.3. The number of hydrogen-bond donors (Lipinski definition) is 1. The molecule has 4 aromatic rings. The minimum atomic E-state index is -3.98. The first-order valence-corrected chi connectivity index (χ1v) is 11.8. The molecule has 0 aliphatic heterocycles. The van der Waals surface area contributed by atoms with Gasteiger partial charge in [0.1, 0.15) is 6.54 Å². The zero-order valence-corrected chi connectivity index (χ0v) is 18.9. The Morgan fingerprint density at radius 1 is 0.875 bits per heavy atom. The second-order valence-electron chi connectivity index (χ2n) is 7.38. The third-order valence-electron chi connectivity index (χ3n) is 5.07. The average Bonchev–Trinajstić information content (AvgIpc) is 2.79. The monoisotopic (exact) mass is 464 g/mol. The highest BCUT2D eigenvalue weighted by Gasteiger charge is 2.27. The van der Waals surface area contributed by atoms with Crippen molar-refractivity contribution in [2.75, 3.05) is 16.2 Å². The second-order valence-corrected chi connectivity index (χ2v) is 9.67. The topological polar surface area (TPSA) is 66.5 Å². The van der Waals surface area contributed by atoms with Gasteiger partial charge >= 0.3 is 0 Å². The third-order valence-corrected chi connectivity index (χ3v) is 7.11. The number of hydrogen-bond acceptors (Lipinski definition) is 3. The summed E-state index contributed by atoms with van der Waals surface area (Å²) in [7, 11) is -3.98. The van der Waals surface area contributed by atoms with Crippen LogP contribution < -0.4 is 9.62 Å². The molecule has 0 spiro atoms. The van der Waals surface area contributed by atoms with Gasteiger partial charge in [0.25, 0.3) is 10.0 Å². The first kappa shape index (κ1) is 21.9. The summed E-state index contributed by atoms with van der Waals surface area (Å²) in [4.78, 5) is 13.1. The summed E-state index contributed by atoms with van der Waals surface area (Å²) < 4.78 is 28.0. The fourth-order valence-electron chi connectivity index (χ4n) is 3.41. The molecule has 5 nitrogen and oxygen atoms in total. The lowest BCUT2D eigenvalue weighted by molar-refractivity contribution is -0.114. The molecule has 0 atom stereocenters. The van der Waals surface area contributed by atoms with E-state index in [9.17, 15) is 13.2 Å². The Labute approximate surface area is 192 Å². The lowest BCUT2D eigenvalue weighted by Gasteiger charge is -2.24. The first-order valence-electron chi connectivity index (χ1n) is 9.97. The number of nitrogens with one attached hydrogen (secondary N) is 1. The number of carbonyl (C=O) groups is 1. The van der Waals surface area contributed by atoms with Gasteiger partial charge in [-0.2, -0.15) is 0 Å². The van der Waals surface area contributed by atoms with Crippen LogP contribution in [0.25, 0.3) is 10.8 Å². The molecule has 4 aromatic carbocycles. The molecule has 0 aliphatic carbocycles. The Kier molecular flexibility index (Phi) is 6.17. The summed E-state index contributed by atoms with van der Waals surface area (Å²) in [6.07, 6.45) is 0. The van der Waals surface area contributed by atoms with Gasteiger partial charge in [-0.1, -0.05) is 65.7 Å². The number of amides is 1. The number of rotatable bonds is 6. The first-order chi connectivity index (χ1) is 15.3. The summed E-state index contributed by atoms with van der Waals surface area (Å²) in [6.45, 7) is 1.49. The van der Waals surface area contributed by atoms with Crippen LogP contribution in [-0.2, 0) is 14.8 Å². The second kappa shape index (κ2) is 9.02. The highest BCUT2D eigenvalue weighted by molar-refractivity contribution is 7.92. The molecule has 162 valence electrons. The van der Waals surface area contributed by atoms with E-state index in [1.54, 1.807) is 42.5 Å². The van der Waals surface area contributed by atoms with Gasteiger partial charge in [0, 0.05) is 16.1 Å². The van der Waals surface area contributed by atoms with Gasteiger partial charge < -0.3 is 5.32 Å². The molecule has 7 heteroatoms. The van der Waals surface area contributed by atoms with E-state index in [1.165, 1.54) is 12.1 Å². The van der Waals surface area contributed by atoms with Crippen LogP contribution in [0.1, 0.15) is 5.56 Å². The standard InChI is InChI=1S/C25H21ClN2O3S/c1-18-9-15-22(16-10-18)32(30,31)28(21-13-11-20(26)12-14-21)17-25(29)27-24-8-4-6-19-5-2-3-7-23(19)24/h2-16H,17H2,1H3,(H,27,29). The van der Waals surface area contributed by atoms with Crippen molar-refractivity contribution < 1.29 is 13.2 Å². The van der Waals surface area contributed by atoms with Crippen LogP contribution in [0.3, 0.4) is 0 Å². The summed E-state index contributed by atoms with van der Waals surface area (Å²) in [6, 6.07) is 26.1. The maximum Gasteiger partial charge on any atom is 0.264 e. The van der Waals surface area contributed by atoms with Gasteiger partial charge in [-0.05, 0) is 54.8 Å². The van der Waals surface area contributed by atoms with Crippen molar-refractivity contribution in [3.05, 3.63) is 102 Å². The lowest BCUT2D eigenvalue weighted by Crippen LogP contribution is -2.38. The minimum absolute atomic E-state index is 0.107. The molecule has 32 heavy (non-hydrogen) atoms. The number of benzene rings is 4. The van der Waals surface area contributed by atoms with Crippen LogP contribution in [0.15, 0.2) is 95.9 Å². The lowest BCUT2D eigenvalue weighted by atomic mass is 10.1. The molecule has 0 saturated carbocycles. The van der Waals surface area contributed by atoms with Crippen LogP contribution >= 0.6 is 11.6 Å². The van der Waals surface area contributed by atoms with E-state index in [4.69, 9.17) is 11.6 Å². The number of nitrogens with zero attached hydrogens (tertiary/aromatic N) is 1. The van der Waals surface area contributed by atoms with Crippen LogP contribution in [0.5, 0.6) is 0 Å². The SMILES string of the molecule is Cc1ccc(S(=O)(=O)N(CC(=O)Nc2cccc3ccccc23)c2ccc(Cl)cc2)cc1. The molecular weight excluding hydrogens is 444 g/mol. The van der Waals surface area contributed by atoms with Crippen LogP contribution in [0.4, 0.5) is 11.4 Å². The average molecular weight is 465 g/mol. The highest BCUT2D eigenvalue weighted by Crippen LogP contribution is 2.27. The summed E-state index contributed by atoms with van der Waals surface area (Å²) in [5, 5.41) is 5.19. The van der Waals surface area contributed by atoms with Crippen molar-refractivity contribution >= 4 is 49.7 Å². The van der Waals surface area contributed by atoms with Crippen molar-refractivity contribution in [1.29, 1.82) is 0 Å². The number of fused-ring (bicyclic) bond motifs is 1. The molecule has 0 fully saturated rings. The number of aryl methyl sites for hydroxylation is 1. The number of carbonyl (C=O) groups excluding carboxylic acids is 1. The Morgan fingerprint density at radius 2 is 1.53 bits per heavy atom. The maximum absolute atomic E-state index is 13.4. The molecule has 0 unspecified atom stereocenters. The van der Waals surface area contributed by atoms with Crippen LogP contribution in [-0.4, -0.2) is 20.9 Å². The predicted octanol–water partition coefficient (Wildman–Crippen LogP) is 5.64. The number of sulfonamides is 1. The smallest absolute Gasteiger partial charge is 0.264 e. The number of halogens is 1. The van der Waals surface area contributed by atoms with Crippen molar-refractivity contribution in [2.45, 2.75) is 11.8 Å². The molecule has 0 saturated heterocycles. The van der Waals surface area contributed by atoms with E-state index in [0.29, 0.717) is 16.4 Å². The molecule has 4 rings (SSSR count). The van der Waals surface area contributed by atoms with Crippen LogP contribution in [0.2, 0.25) is 5.02 Å². The zero-order chi connectivity index (χ0) is 22.7. The van der Waals surface area contributed by atoms with E-state index in [0.717, 1.165) is 20.6 Å². The summed E-state index contributed by atoms with van der Waals surface area (Å²) >= 11 is 5.99. The molecule has 0 aliphatic rings. The summed E-state index contributed by atoms with van der Waals surface area (Å²) in [5.41, 5.74) is 1.91. The molecule has 1 amide bonds. The van der Waals surface area contributed by atoms with E-state index < -0.39 is 15.9 Å². The van der Waals surface area contributed by atoms with E-state index in [1.807, 2.05) is 43.3 Å². The largest absolute Gasteiger partial charge is 0.324 e. The maximum atomic E-state index is 13.4. The molecule has 0 heterocycles. The minimum Gasteiger partial charge on any atom is -0.324 e. The molecular formula is C25H21ClN2O3S. The Bertz CT molecular complexity index is 1360. The van der Waals surface area contributed by atoms with Gasteiger partial charge in [0.05, 0.1) is 10.6 Å². The van der Waals surface area contributed by atoms with Gasteiger partial charge in [-0.3, -0.25) is 9.10 Å². The third kappa shape index (κ3) is 4.61. The molecule has 0 radical (unpaired) electrons. The van der Waals surface area contributed by atoms with Gasteiger partial charge in [-0.25, -0.2) is 8.42 Å². The molecule has 0 bridgehead atoms. The van der Waals surface area contributed by atoms with E-state index in [2.05, 4.69) is 5.32 Å². The van der Waals surface area contributed by atoms with Crippen molar-refractivity contribution in [3.63, 3.8) is 0 Å². The van der Waals surface area contributed by atoms with Crippen LogP contribution in [0, 0.1) is 6.92 Å². The quantitative estimate of drug-likeness (QED) is 0.401. The van der Waals surface area contributed by atoms with E-state index in [-0.39, 0.29) is 11.4 Å². The Hall–Kier alpha value is -3.35. The van der Waals surface area contributed by atoms with Crippen molar-refractivity contribution in [3.8, 4) is 0 Å². The van der Waals surface area contributed by atoms with Gasteiger partial charge in [-0.15, -0.1) is 0 Å². The van der Waals surface area contributed by atoms with Gasteiger partial charge in [0.2, 0.25) is 5.91 Å². The molecule has 0 aromatic heterocycles. The van der Waals surface area contributed by atoms with Gasteiger partial charge in [0.15, 0.2) is 0 Å². The normalized spacial score (nSPS) is 11.3. The Morgan fingerprint density at radius 3 is 2.25 bits per heavy atom. The van der Waals surface area contributed by atoms with Crippen molar-refractivity contribution in [2.24, 2.45) is 0 Å². The highest BCUT2D eigenvalue weighted by atomic mass is 35.5. The predicted molar refractivity (Wildman–Crippen MR) is 130 cm³/mol. The molecule has 1 N–H and O–H groups in total.